The fourth-order valence-electron chi connectivity index (χ4n) is 1.99. The summed E-state index contributed by atoms with van der Waals surface area (Å²) in [6, 6.07) is 6.09. The van der Waals surface area contributed by atoms with Crippen LogP contribution in [0.1, 0.15) is 28.6 Å². The molecule has 0 atom stereocenters. The van der Waals surface area contributed by atoms with Crippen LogP contribution in [0.5, 0.6) is 0 Å². The lowest BCUT2D eigenvalue weighted by atomic mass is 10.1. The number of hydrogen-bond donors (Lipinski definition) is 1. The Bertz CT molecular complexity index is 589. The summed E-state index contributed by atoms with van der Waals surface area (Å²) in [6.07, 6.45) is 0.951. The number of aryl methyl sites for hydroxylation is 1. The first-order chi connectivity index (χ1) is 8.54. The van der Waals surface area contributed by atoms with Crippen molar-refractivity contribution in [3.05, 3.63) is 28.6 Å². The number of fused-ring (bicyclic) bond motifs is 1. The molecule has 0 saturated heterocycles. The molecule has 0 aliphatic rings. The molecule has 0 spiro atoms. The van der Waals surface area contributed by atoms with E-state index in [0.717, 1.165) is 23.1 Å². The molecule has 0 radical (unpaired) electrons. The average molecular weight is 262 g/mol. The monoisotopic (exact) mass is 262 g/mol. The summed E-state index contributed by atoms with van der Waals surface area (Å²) in [5, 5.41) is 0.985. The van der Waals surface area contributed by atoms with E-state index in [9.17, 15) is 4.79 Å². The first-order valence-corrected chi connectivity index (χ1v) is 6.90. The van der Waals surface area contributed by atoms with Gasteiger partial charge in [-0.05, 0) is 25.0 Å². The Morgan fingerprint density at radius 1 is 1.44 bits per heavy atom. The molecule has 18 heavy (non-hydrogen) atoms. The topological polar surface area (TPSA) is 46.3 Å². The summed E-state index contributed by atoms with van der Waals surface area (Å²) in [7, 11) is 1.82. The molecule has 1 aromatic heterocycles. The van der Waals surface area contributed by atoms with Gasteiger partial charge < -0.3 is 10.6 Å². The van der Waals surface area contributed by atoms with Crippen molar-refractivity contribution in [2.24, 2.45) is 0 Å². The highest BCUT2D eigenvalue weighted by Gasteiger charge is 2.19. The van der Waals surface area contributed by atoms with E-state index in [1.165, 1.54) is 16.9 Å². The van der Waals surface area contributed by atoms with Gasteiger partial charge in [-0.2, -0.15) is 0 Å². The normalized spacial score (nSPS) is 10.8. The Labute approximate surface area is 111 Å². The van der Waals surface area contributed by atoms with Crippen LogP contribution in [0.4, 0.5) is 5.69 Å². The highest BCUT2D eigenvalue weighted by atomic mass is 32.1. The molecule has 3 nitrogen and oxygen atoms in total. The number of amides is 1. The first kappa shape index (κ1) is 12.9. The number of carbonyl (C=O) groups is 1. The fraction of sp³-hybridized carbons (Fsp3) is 0.357. The second-order valence-corrected chi connectivity index (χ2v) is 5.62. The number of nitrogens with two attached hydrogens (primary N) is 1. The van der Waals surface area contributed by atoms with Gasteiger partial charge in [0.05, 0.1) is 5.69 Å². The van der Waals surface area contributed by atoms with E-state index in [2.05, 4.69) is 13.0 Å². The maximum atomic E-state index is 12.3. The smallest absolute Gasteiger partial charge is 0.265 e. The van der Waals surface area contributed by atoms with Gasteiger partial charge in [-0.15, -0.1) is 11.3 Å². The molecule has 1 aromatic carbocycles. The van der Waals surface area contributed by atoms with Gasteiger partial charge in [0.2, 0.25) is 0 Å². The van der Waals surface area contributed by atoms with Crippen LogP contribution in [0.3, 0.4) is 0 Å². The fourth-order valence-corrected chi connectivity index (χ4v) is 3.21. The molecule has 0 saturated carbocycles. The minimum absolute atomic E-state index is 0.0215. The van der Waals surface area contributed by atoms with Gasteiger partial charge in [-0.3, -0.25) is 4.79 Å². The van der Waals surface area contributed by atoms with Crippen LogP contribution in [0.25, 0.3) is 10.1 Å². The minimum Gasteiger partial charge on any atom is -0.397 e. The van der Waals surface area contributed by atoms with Gasteiger partial charge in [-0.25, -0.2) is 0 Å². The van der Waals surface area contributed by atoms with Crippen molar-refractivity contribution in [2.75, 3.05) is 19.3 Å². The minimum atomic E-state index is 0.0215. The molecule has 1 amide bonds. The largest absolute Gasteiger partial charge is 0.397 e. The summed E-state index contributed by atoms with van der Waals surface area (Å²) >= 11 is 1.48. The second-order valence-electron chi connectivity index (χ2n) is 4.57. The van der Waals surface area contributed by atoms with Gasteiger partial charge in [0.15, 0.2) is 0 Å². The molecule has 0 aliphatic carbocycles. The van der Waals surface area contributed by atoms with Crippen molar-refractivity contribution in [1.29, 1.82) is 0 Å². The zero-order valence-corrected chi connectivity index (χ0v) is 11.8. The molecule has 1 heterocycles. The van der Waals surface area contributed by atoms with Crippen LogP contribution in [0.15, 0.2) is 18.2 Å². The highest BCUT2D eigenvalue weighted by molar-refractivity contribution is 7.21. The van der Waals surface area contributed by atoms with Crippen LogP contribution in [0.2, 0.25) is 0 Å². The molecule has 96 valence electrons. The number of nitrogen functional groups attached to an aromatic ring is 1. The van der Waals surface area contributed by atoms with Crippen LogP contribution in [0, 0.1) is 6.92 Å². The predicted molar refractivity (Wildman–Crippen MR) is 78.2 cm³/mol. The van der Waals surface area contributed by atoms with Crippen molar-refractivity contribution in [3.63, 3.8) is 0 Å². The maximum absolute atomic E-state index is 12.3. The Morgan fingerprint density at radius 3 is 2.83 bits per heavy atom. The first-order valence-electron chi connectivity index (χ1n) is 6.08. The number of hydrogen-bond acceptors (Lipinski definition) is 3. The van der Waals surface area contributed by atoms with E-state index < -0.39 is 0 Å². The number of carbonyl (C=O) groups excluding carboxylic acids is 1. The number of rotatable bonds is 3. The van der Waals surface area contributed by atoms with Crippen molar-refractivity contribution in [1.82, 2.24) is 4.90 Å². The standard InChI is InChI=1S/C14H18N2OS/c1-4-7-16(3)14(17)13-12(15)10-6-5-9(2)8-11(10)18-13/h5-6,8H,4,7,15H2,1-3H3. The van der Waals surface area contributed by atoms with Crippen molar-refractivity contribution < 1.29 is 4.79 Å². The van der Waals surface area contributed by atoms with Crippen molar-refractivity contribution in [2.45, 2.75) is 20.3 Å². The van der Waals surface area contributed by atoms with Crippen LogP contribution in [-0.2, 0) is 0 Å². The summed E-state index contributed by atoms with van der Waals surface area (Å²) in [6.45, 7) is 4.85. The molecule has 2 N–H and O–H groups in total. The Kier molecular flexibility index (Phi) is 3.57. The maximum Gasteiger partial charge on any atom is 0.265 e. The average Bonchev–Trinajstić information content (AvgIpc) is 2.65. The van der Waals surface area contributed by atoms with E-state index >= 15 is 0 Å². The molecule has 0 unspecified atom stereocenters. The van der Waals surface area contributed by atoms with Crippen LogP contribution < -0.4 is 5.73 Å². The molecule has 0 aliphatic heterocycles. The van der Waals surface area contributed by atoms with Gasteiger partial charge in [0, 0.05) is 23.7 Å². The quantitative estimate of drug-likeness (QED) is 0.922. The molecular formula is C14H18N2OS. The number of thiophene rings is 1. The van der Waals surface area contributed by atoms with Crippen LogP contribution in [-0.4, -0.2) is 24.4 Å². The molecule has 0 fully saturated rings. The number of benzene rings is 1. The van der Waals surface area contributed by atoms with E-state index in [4.69, 9.17) is 5.73 Å². The van der Waals surface area contributed by atoms with Crippen LogP contribution >= 0.6 is 11.3 Å². The number of anilines is 1. The zero-order chi connectivity index (χ0) is 13.3. The lowest BCUT2D eigenvalue weighted by Crippen LogP contribution is -2.27. The second kappa shape index (κ2) is 4.98. The molecule has 4 heteroatoms. The summed E-state index contributed by atoms with van der Waals surface area (Å²) in [4.78, 5) is 14.7. The Morgan fingerprint density at radius 2 is 2.17 bits per heavy atom. The molecule has 0 bridgehead atoms. The van der Waals surface area contributed by atoms with Gasteiger partial charge in [-0.1, -0.05) is 19.1 Å². The highest BCUT2D eigenvalue weighted by Crippen LogP contribution is 2.34. The molecular weight excluding hydrogens is 244 g/mol. The summed E-state index contributed by atoms with van der Waals surface area (Å²) < 4.78 is 1.08. The third kappa shape index (κ3) is 2.20. The zero-order valence-electron chi connectivity index (χ0n) is 11.0. The lowest BCUT2D eigenvalue weighted by molar-refractivity contribution is 0.0801. The molecule has 2 aromatic rings. The SMILES string of the molecule is CCCN(C)C(=O)c1sc2cc(C)ccc2c1N. The van der Waals surface area contributed by atoms with E-state index in [1.54, 1.807) is 4.90 Å². The van der Waals surface area contributed by atoms with E-state index in [0.29, 0.717) is 10.6 Å². The third-order valence-corrected chi connectivity index (χ3v) is 4.14. The Balaban J connectivity index is 2.45. The summed E-state index contributed by atoms with van der Waals surface area (Å²) in [5.74, 6) is 0.0215. The van der Waals surface area contributed by atoms with E-state index in [1.807, 2.05) is 26.1 Å². The van der Waals surface area contributed by atoms with Gasteiger partial charge in [0.25, 0.3) is 5.91 Å². The van der Waals surface area contributed by atoms with Gasteiger partial charge >= 0.3 is 0 Å². The number of nitrogens with zero attached hydrogens (tertiary/aromatic N) is 1. The van der Waals surface area contributed by atoms with E-state index in [-0.39, 0.29) is 5.91 Å². The van der Waals surface area contributed by atoms with Crippen molar-refractivity contribution >= 4 is 33.0 Å². The molecule has 2 rings (SSSR count). The lowest BCUT2D eigenvalue weighted by Gasteiger charge is -2.15. The third-order valence-electron chi connectivity index (χ3n) is 2.98. The van der Waals surface area contributed by atoms with Crippen molar-refractivity contribution in [3.8, 4) is 0 Å². The van der Waals surface area contributed by atoms with Gasteiger partial charge in [0.1, 0.15) is 4.88 Å². The predicted octanol–water partition coefficient (Wildman–Crippen LogP) is 3.27. The summed E-state index contributed by atoms with van der Waals surface area (Å²) in [5.41, 5.74) is 7.89. The Hall–Kier alpha value is -1.55.